The quantitative estimate of drug-likeness (QED) is 0.836. The standard InChI is InChI=1S/C18H20N2O/c1-4-14-5-8-17(9-6-14)20(2)13-16-11-15(12-19)7-10-18(16)21-3/h5-11H,4,13H2,1-3H3. The maximum absolute atomic E-state index is 9.03. The minimum atomic E-state index is 0.653. The minimum Gasteiger partial charge on any atom is -0.496 e. The molecule has 0 spiro atoms. The molecule has 0 amide bonds. The van der Waals surface area contributed by atoms with Gasteiger partial charge in [-0.3, -0.25) is 0 Å². The molecular weight excluding hydrogens is 260 g/mol. The lowest BCUT2D eigenvalue weighted by Gasteiger charge is -2.21. The van der Waals surface area contributed by atoms with E-state index in [1.807, 2.05) is 19.2 Å². The van der Waals surface area contributed by atoms with Crippen molar-refractivity contribution >= 4 is 5.69 Å². The van der Waals surface area contributed by atoms with Gasteiger partial charge in [0.25, 0.3) is 0 Å². The predicted octanol–water partition coefficient (Wildman–Crippen LogP) is 3.77. The molecule has 0 aliphatic heterocycles. The second-order valence-corrected chi connectivity index (χ2v) is 5.01. The topological polar surface area (TPSA) is 36.3 Å². The van der Waals surface area contributed by atoms with E-state index in [0.29, 0.717) is 12.1 Å². The maximum Gasteiger partial charge on any atom is 0.123 e. The van der Waals surface area contributed by atoms with E-state index in [9.17, 15) is 0 Å². The molecule has 0 aliphatic carbocycles. The molecule has 0 saturated heterocycles. The Hall–Kier alpha value is -2.47. The van der Waals surface area contributed by atoms with E-state index in [1.54, 1.807) is 13.2 Å². The third kappa shape index (κ3) is 3.55. The first-order valence-electron chi connectivity index (χ1n) is 7.05. The zero-order valence-electron chi connectivity index (χ0n) is 12.8. The molecule has 0 bridgehead atoms. The van der Waals surface area contributed by atoms with Gasteiger partial charge in [-0.05, 0) is 42.3 Å². The van der Waals surface area contributed by atoms with Crippen molar-refractivity contribution in [2.24, 2.45) is 0 Å². The first-order valence-corrected chi connectivity index (χ1v) is 7.05. The van der Waals surface area contributed by atoms with E-state index in [1.165, 1.54) is 5.56 Å². The van der Waals surface area contributed by atoms with Gasteiger partial charge in [-0.1, -0.05) is 19.1 Å². The van der Waals surface area contributed by atoms with Gasteiger partial charge in [0, 0.05) is 24.8 Å². The smallest absolute Gasteiger partial charge is 0.123 e. The largest absolute Gasteiger partial charge is 0.496 e. The van der Waals surface area contributed by atoms with Crippen molar-refractivity contribution in [2.75, 3.05) is 19.1 Å². The molecule has 0 N–H and O–H groups in total. The summed E-state index contributed by atoms with van der Waals surface area (Å²) in [7, 11) is 3.69. The van der Waals surface area contributed by atoms with Gasteiger partial charge in [0.05, 0.1) is 18.7 Å². The van der Waals surface area contributed by atoms with Crippen LogP contribution in [0.3, 0.4) is 0 Å². The Morgan fingerprint density at radius 3 is 2.43 bits per heavy atom. The number of hydrogen-bond acceptors (Lipinski definition) is 3. The Bertz CT molecular complexity index is 641. The Labute approximate surface area is 126 Å². The summed E-state index contributed by atoms with van der Waals surface area (Å²) in [5, 5.41) is 9.03. The van der Waals surface area contributed by atoms with Crippen LogP contribution in [0.2, 0.25) is 0 Å². The van der Waals surface area contributed by atoms with Crippen LogP contribution in [-0.4, -0.2) is 14.2 Å². The van der Waals surface area contributed by atoms with Crippen molar-refractivity contribution in [1.82, 2.24) is 0 Å². The lowest BCUT2D eigenvalue weighted by Crippen LogP contribution is -2.17. The van der Waals surface area contributed by atoms with Crippen LogP contribution in [0.5, 0.6) is 5.75 Å². The summed E-state index contributed by atoms with van der Waals surface area (Å²) in [6.07, 6.45) is 1.04. The molecule has 21 heavy (non-hydrogen) atoms. The first-order chi connectivity index (χ1) is 10.2. The predicted molar refractivity (Wildman–Crippen MR) is 85.6 cm³/mol. The summed E-state index contributed by atoms with van der Waals surface area (Å²) in [6.45, 7) is 2.85. The lowest BCUT2D eigenvalue weighted by atomic mass is 10.1. The number of nitriles is 1. The van der Waals surface area contributed by atoms with Gasteiger partial charge < -0.3 is 9.64 Å². The Morgan fingerprint density at radius 1 is 1.14 bits per heavy atom. The molecular formula is C18H20N2O. The minimum absolute atomic E-state index is 0.653. The van der Waals surface area contributed by atoms with Gasteiger partial charge in [-0.25, -0.2) is 0 Å². The van der Waals surface area contributed by atoms with Crippen LogP contribution >= 0.6 is 0 Å². The fraction of sp³-hybridized carbons (Fsp3) is 0.278. The highest BCUT2D eigenvalue weighted by Gasteiger charge is 2.08. The van der Waals surface area contributed by atoms with Crippen LogP contribution in [0.4, 0.5) is 5.69 Å². The highest BCUT2D eigenvalue weighted by atomic mass is 16.5. The second-order valence-electron chi connectivity index (χ2n) is 5.01. The van der Waals surface area contributed by atoms with Crippen molar-refractivity contribution in [2.45, 2.75) is 19.9 Å². The Morgan fingerprint density at radius 2 is 1.86 bits per heavy atom. The molecule has 2 aromatic carbocycles. The number of nitrogens with zero attached hydrogens (tertiary/aromatic N) is 2. The molecule has 2 aromatic rings. The van der Waals surface area contributed by atoms with E-state index in [2.05, 4.69) is 42.2 Å². The molecule has 0 atom stereocenters. The van der Waals surface area contributed by atoms with Gasteiger partial charge in [0.1, 0.15) is 5.75 Å². The van der Waals surface area contributed by atoms with Gasteiger partial charge in [-0.2, -0.15) is 5.26 Å². The van der Waals surface area contributed by atoms with Crippen molar-refractivity contribution in [3.63, 3.8) is 0 Å². The maximum atomic E-state index is 9.03. The summed E-state index contributed by atoms with van der Waals surface area (Å²) in [4.78, 5) is 2.15. The van der Waals surface area contributed by atoms with Crippen LogP contribution in [0.25, 0.3) is 0 Å². The summed E-state index contributed by atoms with van der Waals surface area (Å²) in [5.41, 5.74) is 4.15. The van der Waals surface area contributed by atoms with Crippen molar-refractivity contribution in [3.05, 3.63) is 59.2 Å². The zero-order valence-corrected chi connectivity index (χ0v) is 12.8. The molecule has 0 heterocycles. The average Bonchev–Trinajstić information content (AvgIpc) is 2.54. The van der Waals surface area contributed by atoms with E-state index in [0.717, 1.165) is 23.4 Å². The summed E-state index contributed by atoms with van der Waals surface area (Å²) < 4.78 is 5.38. The molecule has 0 unspecified atom stereocenters. The number of hydrogen-bond donors (Lipinski definition) is 0. The normalized spacial score (nSPS) is 10.0. The number of aryl methyl sites for hydroxylation is 1. The molecule has 0 radical (unpaired) electrons. The van der Waals surface area contributed by atoms with E-state index in [4.69, 9.17) is 10.00 Å². The SMILES string of the molecule is CCc1ccc(N(C)Cc2cc(C#N)ccc2OC)cc1. The fourth-order valence-corrected chi connectivity index (χ4v) is 2.30. The van der Waals surface area contributed by atoms with Gasteiger partial charge >= 0.3 is 0 Å². The van der Waals surface area contributed by atoms with Crippen molar-refractivity contribution < 1.29 is 4.74 Å². The average molecular weight is 280 g/mol. The number of methoxy groups -OCH3 is 1. The first kappa shape index (κ1) is 14.9. The van der Waals surface area contributed by atoms with Gasteiger partial charge in [0.2, 0.25) is 0 Å². The molecule has 2 rings (SSSR count). The number of benzene rings is 2. The third-order valence-corrected chi connectivity index (χ3v) is 3.60. The van der Waals surface area contributed by atoms with Gasteiger partial charge in [0.15, 0.2) is 0 Å². The van der Waals surface area contributed by atoms with Crippen LogP contribution in [0.1, 0.15) is 23.6 Å². The summed E-state index contributed by atoms with van der Waals surface area (Å²) >= 11 is 0. The number of ether oxygens (including phenoxy) is 1. The van der Waals surface area contributed by atoms with Crippen LogP contribution in [0.15, 0.2) is 42.5 Å². The second kappa shape index (κ2) is 6.81. The van der Waals surface area contributed by atoms with E-state index in [-0.39, 0.29) is 0 Å². The number of rotatable bonds is 5. The third-order valence-electron chi connectivity index (χ3n) is 3.60. The molecule has 0 saturated carbocycles. The molecule has 3 nitrogen and oxygen atoms in total. The fourth-order valence-electron chi connectivity index (χ4n) is 2.30. The monoisotopic (exact) mass is 280 g/mol. The molecule has 108 valence electrons. The van der Waals surface area contributed by atoms with Gasteiger partial charge in [-0.15, -0.1) is 0 Å². The summed E-state index contributed by atoms with van der Waals surface area (Å²) in [6, 6.07) is 16.2. The molecule has 3 heteroatoms. The zero-order chi connectivity index (χ0) is 15.2. The van der Waals surface area contributed by atoms with Crippen LogP contribution in [-0.2, 0) is 13.0 Å². The highest BCUT2D eigenvalue weighted by Crippen LogP contribution is 2.24. The van der Waals surface area contributed by atoms with Crippen LogP contribution in [0, 0.1) is 11.3 Å². The van der Waals surface area contributed by atoms with E-state index < -0.39 is 0 Å². The molecule has 0 fully saturated rings. The number of anilines is 1. The molecule has 0 aromatic heterocycles. The van der Waals surface area contributed by atoms with Crippen LogP contribution < -0.4 is 9.64 Å². The van der Waals surface area contributed by atoms with Crippen molar-refractivity contribution in [3.8, 4) is 11.8 Å². The lowest BCUT2D eigenvalue weighted by molar-refractivity contribution is 0.409. The summed E-state index contributed by atoms with van der Waals surface area (Å²) in [5.74, 6) is 0.811. The molecule has 0 aliphatic rings. The Kier molecular flexibility index (Phi) is 4.84. The van der Waals surface area contributed by atoms with E-state index >= 15 is 0 Å². The Balaban J connectivity index is 2.21. The highest BCUT2D eigenvalue weighted by molar-refractivity contribution is 5.50. The van der Waals surface area contributed by atoms with Crippen molar-refractivity contribution in [1.29, 1.82) is 5.26 Å².